The van der Waals surface area contributed by atoms with Crippen molar-refractivity contribution in [2.45, 2.75) is 49.0 Å². The Balaban J connectivity index is 1.22. The second-order valence-corrected chi connectivity index (χ2v) is 14.4. The number of likely N-dealkylation sites (N-methyl/N-ethyl adjacent to an activating group) is 1. The lowest BCUT2D eigenvalue weighted by atomic mass is 9.77. The van der Waals surface area contributed by atoms with Crippen LogP contribution in [0.5, 0.6) is 0 Å². The van der Waals surface area contributed by atoms with E-state index in [1.807, 2.05) is 0 Å². The lowest BCUT2D eigenvalue weighted by Crippen LogP contribution is -2.49. The molecule has 2 amide bonds. The fraction of sp³-hybridized carbons (Fsp3) is 0.567. The number of aromatic nitrogens is 1. The van der Waals surface area contributed by atoms with Gasteiger partial charge in [0.2, 0.25) is 21.8 Å². The van der Waals surface area contributed by atoms with E-state index in [1.165, 1.54) is 28.6 Å². The molecular formula is C30H40ClF2N7O4S. The average Bonchev–Trinajstić information content (AvgIpc) is 3.38. The van der Waals surface area contributed by atoms with Crippen molar-refractivity contribution >= 4 is 44.9 Å². The number of carbonyl (C=O) groups is 2. The largest absolute Gasteiger partial charge is 0.354 e. The van der Waals surface area contributed by atoms with Crippen molar-refractivity contribution in [1.29, 1.82) is 0 Å². The SMILES string of the molecule is CN(CCN)C(=O)C1CCC(C(F)(F)c2cc(Cl)nc(N3CCN(S(=O)(=O)c4ccc(N5C[C@H](N)CC5=O)cc4)CC3)c2)CC1. The Kier molecular flexibility index (Phi) is 9.99. The summed E-state index contributed by atoms with van der Waals surface area (Å²) in [6.07, 6.45) is 1.41. The summed E-state index contributed by atoms with van der Waals surface area (Å²) in [5.41, 5.74) is 11.8. The smallest absolute Gasteiger partial charge is 0.276 e. The van der Waals surface area contributed by atoms with Gasteiger partial charge in [-0.05, 0) is 62.1 Å². The summed E-state index contributed by atoms with van der Waals surface area (Å²) in [7, 11) is -2.15. The van der Waals surface area contributed by atoms with Crippen LogP contribution in [0.3, 0.4) is 0 Å². The van der Waals surface area contributed by atoms with E-state index in [9.17, 15) is 18.0 Å². The second kappa shape index (κ2) is 13.4. The standard InChI is InChI=1S/C30H40ClF2N7O4S/c1-37(11-10-34)29(42)20-2-4-21(5-3-20)30(32,33)22-16-26(31)36-27(17-22)38-12-14-39(15-13-38)45(43,44)25-8-6-24(7-9-25)40-19-23(35)18-28(40)41/h6-9,16-17,20-21,23H,2-5,10-15,18-19,34-35H2,1H3/t20?,21?,23-/m1/s1. The summed E-state index contributed by atoms with van der Waals surface area (Å²) in [5.74, 6) is -4.31. The van der Waals surface area contributed by atoms with Crippen LogP contribution in [0.25, 0.3) is 0 Å². The molecule has 11 nitrogen and oxygen atoms in total. The third-order valence-electron chi connectivity index (χ3n) is 9.10. The molecule has 2 saturated heterocycles. The van der Waals surface area contributed by atoms with Gasteiger partial charge in [-0.3, -0.25) is 9.59 Å². The molecule has 1 aromatic heterocycles. The van der Waals surface area contributed by atoms with Gasteiger partial charge >= 0.3 is 0 Å². The van der Waals surface area contributed by atoms with Crippen LogP contribution < -0.4 is 21.3 Å². The first-order valence-electron chi connectivity index (χ1n) is 15.2. The molecule has 0 spiro atoms. The van der Waals surface area contributed by atoms with Crippen LogP contribution in [0.4, 0.5) is 20.3 Å². The zero-order chi connectivity index (χ0) is 32.5. The van der Waals surface area contributed by atoms with Gasteiger partial charge in [-0.25, -0.2) is 22.2 Å². The van der Waals surface area contributed by atoms with E-state index < -0.39 is 21.9 Å². The maximum Gasteiger partial charge on any atom is 0.276 e. The van der Waals surface area contributed by atoms with Crippen molar-refractivity contribution in [2.75, 3.05) is 62.7 Å². The summed E-state index contributed by atoms with van der Waals surface area (Å²) in [5, 5.41) is -0.0676. The van der Waals surface area contributed by atoms with E-state index in [2.05, 4.69) is 4.98 Å². The van der Waals surface area contributed by atoms with Crippen LogP contribution in [0, 0.1) is 11.8 Å². The molecular weight excluding hydrogens is 628 g/mol. The van der Waals surface area contributed by atoms with Crippen LogP contribution in [-0.4, -0.2) is 93.3 Å². The number of halogens is 3. The van der Waals surface area contributed by atoms with Gasteiger partial charge in [0.25, 0.3) is 5.92 Å². The lowest BCUT2D eigenvalue weighted by molar-refractivity contribution is -0.138. The van der Waals surface area contributed by atoms with Crippen molar-refractivity contribution < 1.29 is 26.8 Å². The fourth-order valence-corrected chi connectivity index (χ4v) is 8.11. The molecule has 246 valence electrons. The minimum atomic E-state index is -3.83. The third-order valence-corrected chi connectivity index (χ3v) is 11.2. The molecule has 3 fully saturated rings. The summed E-state index contributed by atoms with van der Waals surface area (Å²) < 4.78 is 59.7. The predicted octanol–water partition coefficient (Wildman–Crippen LogP) is 2.63. The van der Waals surface area contributed by atoms with Crippen LogP contribution in [-0.2, 0) is 25.5 Å². The van der Waals surface area contributed by atoms with E-state index in [4.69, 9.17) is 23.1 Å². The average molecular weight is 668 g/mol. The normalized spacial score (nSPS) is 23.4. The fourth-order valence-electron chi connectivity index (χ4n) is 6.48. The maximum absolute atomic E-state index is 15.8. The number of piperazine rings is 1. The van der Waals surface area contributed by atoms with Gasteiger partial charge in [0.05, 0.1) is 4.90 Å². The van der Waals surface area contributed by atoms with E-state index in [-0.39, 0.29) is 90.6 Å². The minimum Gasteiger partial charge on any atom is -0.354 e. The zero-order valence-corrected chi connectivity index (χ0v) is 26.8. The van der Waals surface area contributed by atoms with E-state index in [0.29, 0.717) is 38.2 Å². The number of amides is 2. The molecule has 5 rings (SSSR count). The molecule has 0 unspecified atom stereocenters. The van der Waals surface area contributed by atoms with Gasteiger partial charge in [-0.1, -0.05) is 11.6 Å². The Labute approximate surface area is 267 Å². The number of rotatable bonds is 9. The van der Waals surface area contributed by atoms with Crippen molar-refractivity contribution in [1.82, 2.24) is 14.2 Å². The van der Waals surface area contributed by atoms with Crippen molar-refractivity contribution in [3.8, 4) is 0 Å². The molecule has 4 N–H and O–H groups in total. The minimum absolute atomic E-state index is 0.0570. The number of nitrogens with zero attached hydrogens (tertiary/aromatic N) is 5. The highest BCUT2D eigenvalue weighted by atomic mass is 35.5. The van der Waals surface area contributed by atoms with Crippen molar-refractivity contribution in [2.24, 2.45) is 23.3 Å². The number of carbonyl (C=O) groups excluding carboxylic acids is 2. The molecule has 1 aromatic carbocycles. The summed E-state index contributed by atoms with van der Waals surface area (Å²) >= 11 is 6.23. The molecule has 15 heteroatoms. The Bertz CT molecular complexity index is 1500. The quantitative estimate of drug-likeness (QED) is 0.388. The van der Waals surface area contributed by atoms with Gasteiger partial charge < -0.3 is 26.2 Å². The maximum atomic E-state index is 15.8. The van der Waals surface area contributed by atoms with Gasteiger partial charge in [0.15, 0.2) is 0 Å². The number of pyridine rings is 1. The molecule has 1 aliphatic carbocycles. The topological polar surface area (TPSA) is 146 Å². The number of anilines is 2. The molecule has 0 bridgehead atoms. The Morgan fingerprint density at radius 3 is 2.31 bits per heavy atom. The van der Waals surface area contributed by atoms with E-state index >= 15 is 8.78 Å². The molecule has 45 heavy (non-hydrogen) atoms. The molecule has 3 heterocycles. The van der Waals surface area contributed by atoms with Gasteiger partial charge in [0.1, 0.15) is 11.0 Å². The molecule has 1 atom stereocenters. The number of nitrogens with two attached hydrogens (primary N) is 2. The molecule has 2 aliphatic heterocycles. The number of hydrogen-bond acceptors (Lipinski definition) is 8. The number of alkyl halides is 2. The highest BCUT2D eigenvalue weighted by molar-refractivity contribution is 7.89. The number of sulfonamides is 1. The third kappa shape index (κ3) is 7.09. The number of benzene rings is 1. The van der Waals surface area contributed by atoms with Crippen molar-refractivity contribution in [3.05, 3.63) is 47.1 Å². The predicted molar refractivity (Wildman–Crippen MR) is 168 cm³/mol. The Morgan fingerprint density at radius 1 is 1.09 bits per heavy atom. The van der Waals surface area contributed by atoms with Crippen LogP contribution in [0.1, 0.15) is 37.7 Å². The van der Waals surface area contributed by atoms with Crippen molar-refractivity contribution in [3.63, 3.8) is 0 Å². The first-order chi connectivity index (χ1) is 21.3. The first-order valence-corrected chi connectivity index (χ1v) is 17.0. The highest BCUT2D eigenvalue weighted by Crippen LogP contribution is 2.46. The van der Waals surface area contributed by atoms with Gasteiger partial charge in [0, 0.05) is 88.4 Å². The number of hydrogen-bond donors (Lipinski definition) is 2. The highest BCUT2D eigenvalue weighted by Gasteiger charge is 2.45. The van der Waals surface area contributed by atoms with Crippen LogP contribution in [0.15, 0.2) is 41.3 Å². The van der Waals surface area contributed by atoms with Gasteiger partial charge in [-0.2, -0.15) is 4.31 Å². The van der Waals surface area contributed by atoms with Crippen LogP contribution >= 0.6 is 11.6 Å². The molecule has 3 aliphatic rings. The first kappa shape index (κ1) is 33.5. The monoisotopic (exact) mass is 667 g/mol. The second-order valence-electron chi connectivity index (χ2n) is 12.1. The Hall–Kier alpha value is -2.91. The summed E-state index contributed by atoms with van der Waals surface area (Å²) in [6.45, 7) is 1.88. The summed E-state index contributed by atoms with van der Waals surface area (Å²) in [4.78, 5) is 34.0. The molecule has 2 aromatic rings. The lowest BCUT2D eigenvalue weighted by Gasteiger charge is -2.36. The Morgan fingerprint density at radius 2 is 1.73 bits per heavy atom. The van der Waals surface area contributed by atoms with E-state index in [0.717, 1.165) is 0 Å². The van der Waals surface area contributed by atoms with Crippen LogP contribution in [0.2, 0.25) is 5.15 Å². The molecule has 0 radical (unpaired) electrons. The summed E-state index contributed by atoms with van der Waals surface area (Å²) in [6, 6.07) is 8.42. The zero-order valence-electron chi connectivity index (χ0n) is 25.2. The van der Waals surface area contributed by atoms with E-state index in [1.54, 1.807) is 33.9 Å². The van der Waals surface area contributed by atoms with Gasteiger partial charge in [-0.15, -0.1) is 0 Å². The molecule has 1 saturated carbocycles.